The van der Waals surface area contributed by atoms with E-state index in [-0.39, 0.29) is 19.1 Å². The van der Waals surface area contributed by atoms with Crippen LogP contribution in [0.4, 0.5) is 0 Å². The Labute approximate surface area is 271 Å². The number of hydrogen-bond acceptors (Lipinski definition) is 6. The standard InChI is InChI=1S/C35H69N2O6P/c1-6-8-10-12-14-16-17-18-19-21-22-24-26-28-34(38)33(32-43-44(40,41)42-31-30-37(3,4)5)36-35(39)29-27-25-23-20-15-13-11-9-7-2/h10,12,26,28,33-34,38H,6-9,11,13-25,27,29-32H2,1-5H3,(H-,36,39,40,41)/b12-10+,28-26+/t33-,34+/m0/s1. The first kappa shape index (κ1) is 43.0. The van der Waals surface area contributed by atoms with Crippen LogP contribution in [-0.2, 0) is 18.4 Å². The largest absolute Gasteiger partial charge is 0.756 e. The maximum Gasteiger partial charge on any atom is 0.268 e. The van der Waals surface area contributed by atoms with Gasteiger partial charge in [-0.2, -0.15) is 0 Å². The lowest BCUT2D eigenvalue weighted by atomic mass is 10.1. The highest BCUT2D eigenvalue weighted by Gasteiger charge is 2.23. The number of amides is 1. The number of hydrogen-bond donors (Lipinski definition) is 2. The van der Waals surface area contributed by atoms with Crippen molar-refractivity contribution in [3.63, 3.8) is 0 Å². The number of nitrogens with one attached hydrogen (secondary N) is 1. The van der Waals surface area contributed by atoms with Crippen LogP contribution in [0.1, 0.15) is 142 Å². The Morgan fingerprint density at radius 2 is 1.30 bits per heavy atom. The summed E-state index contributed by atoms with van der Waals surface area (Å²) in [5, 5.41) is 13.6. The Hall–Kier alpha value is -1.02. The van der Waals surface area contributed by atoms with Crippen molar-refractivity contribution in [1.29, 1.82) is 0 Å². The van der Waals surface area contributed by atoms with Crippen LogP contribution in [0.15, 0.2) is 24.3 Å². The van der Waals surface area contributed by atoms with Gasteiger partial charge in [0.15, 0.2) is 0 Å². The van der Waals surface area contributed by atoms with Crippen LogP contribution in [0.5, 0.6) is 0 Å². The molecule has 0 heterocycles. The van der Waals surface area contributed by atoms with E-state index in [2.05, 4.69) is 31.3 Å². The number of likely N-dealkylation sites (N-methyl/N-ethyl adjacent to an activating group) is 1. The van der Waals surface area contributed by atoms with Gasteiger partial charge in [-0.15, -0.1) is 0 Å². The summed E-state index contributed by atoms with van der Waals surface area (Å²) >= 11 is 0. The lowest BCUT2D eigenvalue weighted by molar-refractivity contribution is -0.870. The average Bonchev–Trinajstić information content (AvgIpc) is 2.95. The fourth-order valence-corrected chi connectivity index (χ4v) is 5.46. The summed E-state index contributed by atoms with van der Waals surface area (Å²) in [6, 6.07) is -0.882. The molecule has 1 unspecified atom stereocenters. The molecule has 0 spiro atoms. The molecule has 0 aromatic rings. The lowest BCUT2D eigenvalue weighted by Gasteiger charge is -2.29. The first-order chi connectivity index (χ1) is 21.0. The van der Waals surface area contributed by atoms with E-state index in [0.717, 1.165) is 38.5 Å². The number of aliphatic hydroxyl groups is 1. The molecule has 0 aliphatic rings. The number of rotatable bonds is 31. The number of phosphoric acid groups is 1. The van der Waals surface area contributed by atoms with E-state index < -0.39 is 20.0 Å². The van der Waals surface area contributed by atoms with Gasteiger partial charge in [0.05, 0.1) is 39.9 Å². The second kappa shape index (κ2) is 28.2. The van der Waals surface area contributed by atoms with Gasteiger partial charge >= 0.3 is 0 Å². The molecule has 0 saturated carbocycles. The normalized spacial score (nSPS) is 15.2. The molecule has 44 heavy (non-hydrogen) atoms. The third kappa shape index (κ3) is 29.7. The predicted octanol–water partition coefficient (Wildman–Crippen LogP) is 7.99. The summed E-state index contributed by atoms with van der Waals surface area (Å²) in [5.41, 5.74) is 0. The zero-order chi connectivity index (χ0) is 32.9. The highest BCUT2D eigenvalue weighted by atomic mass is 31.2. The molecule has 9 heteroatoms. The van der Waals surface area contributed by atoms with Crippen LogP contribution in [0.25, 0.3) is 0 Å². The summed E-state index contributed by atoms with van der Waals surface area (Å²) in [6.45, 7) is 4.53. The summed E-state index contributed by atoms with van der Waals surface area (Å²) in [5.74, 6) is -0.207. The molecule has 1 amide bonds. The Morgan fingerprint density at radius 3 is 1.86 bits per heavy atom. The first-order valence-electron chi connectivity index (χ1n) is 17.7. The van der Waals surface area contributed by atoms with Crippen molar-refractivity contribution >= 4 is 13.7 Å². The van der Waals surface area contributed by atoms with Gasteiger partial charge in [0.2, 0.25) is 5.91 Å². The number of carbonyl (C=O) groups excluding carboxylic acids is 1. The van der Waals surface area contributed by atoms with E-state index in [1.807, 2.05) is 27.2 Å². The minimum Gasteiger partial charge on any atom is -0.756 e. The molecule has 0 bridgehead atoms. The number of phosphoric ester groups is 1. The van der Waals surface area contributed by atoms with Crippen LogP contribution in [0, 0.1) is 0 Å². The van der Waals surface area contributed by atoms with Gasteiger partial charge in [-0.1, -0.05) is 122 Å². The monoisotopic (exact) mass is 644 g/mol. The fourth-order valence-electron chi connectivity index (χ4n) is 4.74. The van der Waals surface area contributed by atoms with Crippen LogP contribution in [0.3, 0.4) is 0 Å². The molecule has 0 aliphatic heterocycles. The fraction of sp³-hybridized carbons (Fsp3) is 0.857. The number of nitrogens with zero attached hydrogens (tertiary/aromatic N) is 1. The SMILES string of the molecule is CCC/C=C/CCCCCCCC/C=C/[C@@H](O)[C@H](COP(=O)([O-])OCC[N+](C)(C)C)NC(=O)CCCCCCCCCCC. The second-order valence-corrected chi connectivity index (χ2v) is 14.6. The number of unbranched alkanes of at least 4 members (excludes halogenated alkanes) is 16. The van der Waals surface area contributed by atoms with E-state index in [1.165, 1.54) is 83.5 Å². The smallest absolute Gasteiger partial charge is 0.268 e. The van der Waals surface area contributed by atoms with Gasteiger partial charge in [-0.3, -0.25) is 9.36 Å². The number of aliphatic hydroxyl groups excluding tert-OH is 1. The molecule has 2 N–H and O–H groups in total. The van der Waals surface area contributed by atoms with Crippen molar-refractivity contribution in [3.05, 3.63) is 24.3 Å². The Kier molecular flexibility index (Phi) is 27.6. The lowest BCUT2D eigenvalue weighted by Crippen LogP contribution is -2.45. The molecule has 0 saturated heterocycles. The Bertz CT molecular complexity index is 784. The zero-order valence-electron chi connectivity index (χ0n) is 29.1. The van der Waals surface area contributed by atoms with E-state index in [0.29, 0.717) is 17.4 Å². The van der Waals surface area contributed by atoms with E-state index in [1.54, 1.807) is 6.08 Å². The summed E-state index contributed by atoms with van der Waals surface area (Å²) in [6.07, 6.45) is 29.3. The summed E-state index contributed by atoms with van der Waals surface area (Å²) in [4.78, 5) is 25.0. The van der Waals surface area contributed by atoms with Crippen LogP contribution < -0.4 is 10.2 Å². The topological polar surface area (TPSA) is 108 Å². The molecule has 0 aromatic carbocycles. The molecule has 260 valence electrons. The first-order valence-corrected chi connectivity index (χ1v) is 19.2. The number of allylic oxidation sites excluding steroid dienone is 3. The second-order valence-electron chi connectivity index (χ2n) is 13.2. The van der Waals surface area contributed by atoms with Gasteiger partial charge in [0.1, 0.15) is 13.2 Å². The highest BCUT2D eigenvalue weighted by molar-refractivity contribution is 7.45. The van der Waals surface area contributed by atoms with Gasteiger partial charge in [0.25, 0.3) is 7.82 Å². The molecule has 0 aromatic heterocycles. The maximum atomic E-state index is 12.7. The van der Waals surface area contributed by atoms with Crippen molar-refractivity contribution in [2.75, 3.05) is 40.9 Å². The molecule has 0 rings (SSSR count). The predicted molar refractivity (Wildman–Crippen MR) is 182 cm³/mol. The quantitative estimate of drug-likeness (QED) is 0.0343. The van der Waals surface area contributed by atoms with Crippen molar-refractivity contribution < 1.29 is 32.9 Å². The summed E-state index contributed by atoms with van der Waals surface area (Å²) < 4.78 is 23.0. The van der Waals surface area contributed by atoms with Gasteiger partial charge < -0.3 is 28.8 Å². The van der Waals surface area contributed by atoms with Crippen molar-refractivity contribution in [2.24, 2.45) is 0 Å². The minimum atomic E-state index is -4.57. The van der Waals surface area contributed by atoms with Gasteiger partial charge in [0, 0.05) is 6.42 Å². The van der Waals surface area contributed by atoms with Gasteiger partial charge in [-0.25, -0.2) is 0 Å². The molecule has 0 fully saturated rings. The van der Waals surface area contributed by atoms with Crippen LogP contribution in [-0.4, -0.2) is 68.5 Å². The molecule has 8 nitrogen and oxygen atoms in total. The van der Waals surface area contributed by atoms with E-state index >= 15 is 0 Å². The van der Waals surface area contributed by atoms with Crippen LogP contribution in [0.2, 0.25) is 0 Å². The molecular weight excluding hydrogens is 575 g/mol. The summed E-state index contributed by atoms with van der Waals surface area (Å²) in [7, 11) is 1.25. The molecule has 0 aliphatic carbocycles. The number of carbonyl (C=O) groups is 1. The number of quaternary nitrogens is 1. The van der Waals surface area contributed by atoms with Crippen LogP contribution >= 0.6 is 7.82 Å². The van der Waals surface area contributed by atoms with E-state index in [4.69, 9.17) is 9.05 Å². The van der Waals surface area contributed by atoms with E-state index in [9.17, 15) is 19.4 Å². The van der Waals surface area contributed by atoms with Crippen molar-refractivity contribution in [1.82, 2.24) is 5.32 Å². The molecular formula is C35H69N2O6P. The highest BCUT2D eigenvalue weighted by Crippen LogP contribution is 2.38. The Morgan fingerprint density at radius 1 is 0.773 bits per heavy atom. The molecule has 3 atom stereocenters. The third-order valence-corrected chi connectivity index (χ3v) is 8.60. The maximum absolute atomic E-state index is 12.7. The zero-order valence-corrected chi connectivity index (χ0v) is 30.0. The van der Waals surface area contributed by atoms with Crippen molar-refractivity contribution in [3.8, 4) is 0 Å². The molecule has 0 radical (unpaired) electrons. The third-order valence-electron chi connectivity index (χ3n) is 7.64. The average molecular weight is 645 g/mol. The minimum absolute atomic E-state index is 0.00162. The Balaban J connectivity index is 4.61. The van der Waals surface area contributed by atoms with Gasteiger partial charge in [-0.05, 0) is 38.5 Å². The van der Waals surface area contributed by atoms with Crippen molar-refractivity contribution in [2.45, 2.75) is 154 Å².